The normalized spacial score (nSPS) is 22.9. The van der Waals surface area contributed by atoms with Crippen LogP contribution in [-0.4, -0.2) is 18.9 Å². The van der Waals surface area contributed by atoms with Gasteiger partial charge < -0.3 is 10.1 Å². The topological polar surface area (TPSA) is 55.4 Å². The molecule has 3 heterocycles. The van der Waals surface area contributed by atoms with Crippen molar-refractivity contribution in [2.24, 2.45) is 0 Å². The summed E-state index contributed by atoms with van der Waals surface area (Å²) in [6, 6.07) is 6.10. The molecular formula is C20H19NO3S2. The first-order valence-electron chi connectivity index (χ1n) is 8.48. The number of esters is 1. The van der Waals surface area contributed by atoms with E-state index in [0.717, 1.165) is 29.0 Å². The number of thiophene rings is 2. The van der Waals surface area contributed by atoms with Gasteiger partial charge in [0, 0.05) is 40.1 Å². The van der Waals surface area contributed by atoms with E-state index in [1.165, 1.54) is 12.0 Å². The van der Waals surface area contributed by atoms with E-state index in [4.69, 9.17) is 4.74 Å². The molecule has 0 saturated carbocycles. The lowest BCUT2D eigenvalue weighted by Gasteiger charge is -2.36. The van der Waals surface area contributed by atoms with Gasteiger partial charge in [0.25, 0.3) is 0 Å². The first-order valence-corrected chi connectivity index (χ1v) is 10.3. The summed E-state index contributed by atoms with van der Waals surface area (Å²) in [6.45, 7) is 1.88. The van der Waals surface area contributed by atoms with Crippen molar-refractivity contribution in [3.63, 3.8) is 0 Å². The van der Waals surface area contributed by atoms with Gasteiger partial charge in [-0.1, -0.05) is 6.07 Å². The number of carbonyl (C=O) groups excluding carboxylic acids is 2. The van der Waals surface area contributed by atoms with Crippen molar-refractivity contribution in [1.82, 2.24) is 5.32 Å². The van der Waals surface area contributed by atoms with Gasteiger partial charge in [-0.25, -0.2) is 4.79 Å². The molecule has 26 heavy (non-hydrogen) atoms. The van der Waals surface area contributed by atoms with Gasteiger partial charge in [-0.15, -0.1) is 11.3 Å². The van der Waals surface area contributed by atoms with Crippen molar-refractivity contribution in [2.45, 2.75) is 31.6 Å². The summed E-state index contributed by atoms with van der Waals surface area (Å²) in [4.78, 5) is 26.8. The molecule has 4 nitrogen and oxygen atoms in total. The number of rotatable bonds is 3. The Morgan fingerprint density at radius 1 is 1.27 bits per heavy atom. The zero-order valence-corrected chi connectivity index (χ0v) is 16.2. The average Bonchev–Trinajstić information content (AvgIpc) is 3.33. The molecule has 2 aromatic heterocycles. The van der Waals surface area contributed by atoms with Crippen molar-refractivity contribution in [3.8, 4) is 0 Å². The van der Waals surface area contributed by atoms with E-state index in [-0.39, 0.29) is 23.6 Å². The Morgan fingerprint density at radius 2 is 2.12 bits per heavy atom. The number of carbonyl (C=O) groups is 2. The maximum atomic E-state index is 13.1. The van der Waals surface area contributed by atoms with Crippen LogP contribution in [0, 0.1) is 0 Å². The fraction of sp³-hybridized carbons (Fsp3) is 0.300. The molecule has 0 fully saturated rings. The highest BCUT2D eigenvalue weighted by molar-refractivity contribution is 7.10. The van der Waals surface area contributed by atoms with Crippen LogP contribution in [0.1, 0.15) is 42.0 Å². The minimum atomic E-state index is -0.383. The summed E-state index contributed by atoms with van der Waals surface area (Å²) in [6.07, 6.45) is 1.27. The maximum Gasteiger partial charge on any atom is 0.336 e. The van der Waals surface area contributed by atoms with Crippen molar-refractivity contribution in [2.75, 3.05) is 7.11 Å². The van der Waals surface area contributed by atoms with Gasteiger partial charge in [-0.3, -0.25) is 4.79 Å². The summed E-state index contributed by atoms with van der Waals surface area (Å²) in [5, 5.41) is 9.38. The molecule has 1 aliphatic carbocycles. The summed E-state index contributed by atoms with van der Waals surface area (Å²) in [5.41, 5.74) is 3.95. The van der Waals surface area contributed by atoms with Crippen LogP contribution in [0.2, 0.25) is 0 Å². The molecule has 2 aliphatic rings. The minimum Gasteiger partial charge on any atom is -0.466 e. The molecule has 1 aliphatic heterocycles. The summed E-state index contributed by atoms with van der Waals surface area (Å²) in [7, 11) is 1.38. The Labute approximate surface area is 160 Å². The molecule has 0 radical (unpaired) electrons. The summed E-state index contributed by atoms with van der Waals surface area (Å²) in [5.74, 6) is -0.417. The van der Waals surface area contributed by atoms with E-state index in [1.807, 2.05) is 35.2 Å². The number of nitrogens with one attached hydrogen (secondary N) is 1. The highest BCUT2D eigenvalue weighted by Gasteiger charge is 2.41. The second-order valence-electron chi connectivity index (χ2n) is 6.58. The lowest BCUT2D eigenvalue weighted by molar-refractivity contribution is -0.136. The average molecular weight is 386 g/mol. The second-order valence-corrected chi connectivity index (χ2v) is 8.34. The van der Waals surface area contributed by atoms with Gasteiger partial charge in [0.15, 0.2) is 5.78 Å². The quantitative estimate of drug-likeness (QED) is 0.799. The highest BCUT2D eigenvalue weighted by Crippen LogP contribution is 2.46. The lowest BCUT2D eigenvalue weighted by Crippen LogP contribution is -2.35. The third-order valence-corrected chi connectivity index (χ3v) is 6.79. The van der Waals surface area contributed by atoms with Gasteiger partial charge in [-0.2, -0.15) is 11.3 Å². The monoisotopic (exact) mass is 385 g/mol. The van der Waals surface area contributed by atoms with E-state index in [2.05, 4.69) is 11.4 Å². The Hall–Kier alpha value is -2.18. The van der Waals surface area contributed by atoms with Crippen molar-refractivity contribution in [3.05, 3.63) is 67.3 Å². The van der Waals surface area contributed by atoms with Gasteiger partial charge in [-0.05, 0) is 47.2 Å². The first-order chi connectivity index (χ1) is 12.6. The Kier molecular flexibility index (Phi) is 4.54. The predicted octanol–water partition coefficient (Wildman–Crippen LogP) is 4.34. The summed E-state index contributed by atoms with van der Waals surface area (Å²) >= 11 is 3.26. The van der Waals surface area contributed by atoms with E-state index in [0.29, 0.717) is 12.0 Å². The number of dihydropyridines is 1. The van der Waals surface area contributed by atoms with Crippen LogP contribution < -0.4 is 5.32 Å². The lowest BCUT2D eigenvalue weighted by atomic mass is 9.73. The Bertz CT molecular complexity index is 907. The van der Waals surface area contributed by atoms with Crippen molar-refractivity contribution in [1.29, 1.82) is 0 Å². The zero-order chi connectivity index (χ0) is 18.3. The van der Waals surface area contributed by atoms with Crippen LogP contribution in [0.4, 0.5) is 0 Å². The number of ether oxygens (including phenoxy) is 1. The van der Waals surface area contributed by atoms with E-state index in [9.17, 15) is 9.59 Å². The molecule has 0 amide bonds. The molecular weight excluding hydrogens is 366 g/mol. The zero-order valence-electron chi connectivity index (χ0n) is 14.6. The van der Waals surface area contributed by atoms with Crippen LogP contribution in [0.15, 0.2) is 56.9 Å². The number of Topliss-reactive ketones (excluding diaryl/α,β-unsaturated/α-hetero) is 1. The third-order valence-electron chi connectivity index (χ3n) is 5.05. The summed E-state index contributed by atoms with van der Waals surface area (Å²) < 4.78 is 5.02. The molecule has 0 saturated heterocycles. The van der Waals surface area contributed by atoms with Gasteiger partial charge in [0.05, 0.1) is 12.7 Å². The number of ketones is 1. The molecule has 0 unspecified atom stereocenters. The van der Waals surface area contributed by atoms with Gasteiger partial charge >= 0.3 is 5.97 Å². The number of methoxy groups -OCH3 is 1. The molecule has 2 atom stereocenters. The second kappa shape index (κ2) is 6.85. The standard InChI is InChI=1S/C20H19NO3S2/c1-11-17(20(23)24-2)18(12-5-7-25-10-12)19-14(21-11)8-13(9-15(19)22)16-4-3-6-26-16/h3-7,10,13,18,21H,8-9H2,1-2H3/t13-,18+/m1/s1. The van der Waals surface area contributed by atoms with Crippen LogP contribution in [0.25, 0.3) is 0 Å². The first kappa shape index (κ1) is 17.2. The predicted molar refractivity (Wildman–Crippen MR) is 103 cm³/mol. The fourth-order valence-electron chi connectivity index (χ4n) is 3.92. The molecule has 1 N–H and O–H groups in total. The number of hydrogen-bond acceptors (Lipinski definition) is 6. The minimum absolute atomic E-state index is 0.113. The Balaban J connectivity index is 1.80. The Morgan fingerprint density at radius 3 is 2.77 bits per heavy atom. The van der Waals surface area contributed by atoms with Gasteiger partial charge in [0.1, 0.15) is 0 Å². The maximum absolute atomic E-state index is 13.1. The van der Waals surface area contributed by atoms with Crippen molar-refractivity contribution >= 4 is 34.4 Å². The van der Waals surface area contributed by atoms with Crippen LogP contribution in [0.5, 0.6) is 0 Å². The van der Waals surface area contributed by atoms with E-state index in [1.54, 1.807) is 22.7 Å². The third kappa shape index (κ3) is 2.83. The van der Waals surface area contributed by atoms with E-state index < -0.39 is 0 Å². The highest BCUT2D eigenvalue weighted by atomic mass is 32.1. The number of hydrogen-bond donors (Lipinski definition) is 1. The smallest absolute Gasteiger partial charge is 0.336 e. The van der Waals surface area contributed by atoms with Crippen LogP contribution >= 0.6 is 22.7 Å². The largest absolute Gasteiger partial charge is 0.466 e. The van der Waals surface area contributed by atoms with Crippen LogP contribution in [-0.2, 0) is 14.3 Å². The molecule has 0 spiro atoms. The molecule has 6 heteroatoms. The van der Waals surface area contributed by atoms with Gasteiger partial charge in [0.2, 0.25) is 0 Å². The number of allylic oxidation sites excluding steroid dienone is 3. The molecule has 0 aromatic carbocycles. The molecule has 134 valence electrons. The molecule has 4 rings (SSSR count). The van der Waals surface area contributed by atoms with Crippen LogP contribution in [0.3, 0.4) is 0 Å². The van der Waals surface area contributed by atoms with E-state index >= 15 is 0 Å². The fourth-order valence-corrected chi connectivity index (χ4v) is 5.43. The molecule has 0 bridgehead atoms. The SMILES string of the molecule is COC(=O)C1=C(C)NC2=C(C(=O)C[C@H](c3cccs3)C2)[C@H]1c1ccsc1. The van der Waals surface area contributed by atoms with Crippen molar-refractivity contribution < 1.29 is 14.3 Å². The molecule has 2 aromatic rings.